The smallest absolute Gasteiger partial charge is 0.716 e. The van der Waals surface area contributed by atoms with Crippen molar-refractivity contribution in [2.24, 2.45) is 0 Å². The molecule has 1 heterocycles. The average Bonchev–Trinajstić information content (AvgIpc) is 2.17. The average molecular weight is 280 g/mol. The molecule has 1 N–H and O–H groups in total. The van der Waals surface area contributed by atoms with Crippen LogP contribution in [0, 0.1) is 0 Å². The van der Waals surface area contributed by atoms with E-state index in [1.54, 1.807) is 0 Å². The Kier molecular flexibility index (Phi) is 4.41. The fourth-order valence-electron chi connectivity index (χ4n) is 1.26. The summed E-state index contributed by atoms with van der Waals surface area (Å²) in [5.74, 6) is -1.15. The Morgan fingerprint density at radius 2 is 1.94 bits per heavy atom. The third-order valence-electron chi connectivity index (χ3n) is 1.89. The van der Waals surface area contributed by atoms with Crippen molar-refractivity contribution in [2.45, 2.75) is 0 Å². The van der Waals surface area contributed by atoms with Gasteiger partial charge in [0.25, 0.3) is 10.4 Å². The van der Waals surface area contributed by atoms with Gasteiger partial charge in [-0.1, -0.05) is 0 Å². The van der Waals surface area contributed by atoms with Crippen molar-refractivity contribution in [3.8, 4) is 11.5 Å². The van der Waals surface area contributed by atoms with Crippen LogP contribution in [0.15, 0.2) is 33.5 Å². The van der Waals surface area contributed by atoms with Crippen molar-refractivity contribution in [1.29, 1.82) is 0 Å². The molecule has 0 aliphatic carbocycles. The van der Waals surface area contributed by atoms with Crippen LogP contribution < -0.4 is 39.4 Å². The molecule has 1 aromatic heterocycles. The van der Waals surface area contributed by atoms with Crippen LogP contribution in [0.5, 0.6) is 11.5 Å². The van der Waals surface area contributed by atoms with Crippen molar-refractivity contribution in [3.05, 3.63) is 34.7 Å². The minimum atomic E-state index is -4.98. The van der Waals surface area contributed by atoms with Crippen molar-refractivity contribution >= 4 is 21.4 Å². The van der Waals surface area contributed by atoms with E-state index < -0.39 is 27.5 Å². The second-order valence-electron chi connectivity index (χ2n) is 3.10. The normalized spacial score (nSPS) is 10.9. The number of rotatable bonds is 2. The largest absolute Gasteiger partial charge is 1.00 e. The first-order valence-corrected chi connectivity index (χ1v) is 5.61. The summed E-state index contributed by atoms with van der Waals surface area (Å²) in [6, 6.07) is 4.50. The number of hydrogen-bond donors (Lipinski definition) is 1. The molecule has 0 unspecified atom stereocenters. The van der Waals surface area contributed by atoms with Gasteiger partial charge < -0.3 is 18.3 Å². The third-order valence-corrected chi connectivity index (χ3v) is 2.28. The number of fused-ring (bicyclic) bond motifs is 1. The maximum Gasteiger partial charge on any atom is 1.00 e. The molecule has 0 spiro atoms. The summed E-state index contributed by atoms with van der Waals surface area (Å²) in [4.78, 5) is 10.9. The van der Waals surface area contributed by atoms with Crippen LogP contribution in [0.3, 0.4) is 0 Å². The Morgan fingerprint density at radius 1 is 1.28 bits per heavy atom. The summed E-state index contributed by atoms with van der Waals surface area (Å²) in [6.07, 6.45) is 0. The van der Waals surface area contributed by atoms with Gasteiger partial charge >= 0.3 is 35.2 Å². The van der Waals surface area contributed by atoms with Crippen molar-refractivity contribution in [3.63, 3.8) is 0 Å². The summed E-state index contributed by atoms with van der Waals surface area (Å²) >= 11 is 0. The van der Waals surface area contributed by atoms with Gasteiger partial charge in [0.15, 0.2) is 11.5 Å². The molecule has 0 aliphatic rings. The maximum absolute atomic E-state index is 10.9. The zero-order valence-electron chi connectivity index (χ0n) is 9.11. The second kappa shape index (κ2) is 5.29. The van der Waals surface area contributed by atoms with E-state index in [1.807, 2.05) is 0 Å². The van der Waals surface area contributed by atoms with E-state index in [4.69, 9.17) is 4.42 Å². The molecule has 2 rings (SSSR count). The van der Waals surface area contributed by atoms with Crippen LogP contribution in [0.1, 0.15) is 0 Å². The Bertz CT molecular complexity index is 734. The molecule has 0 fully saturated rings. The molecule has 0 atom stereocenters. The first-order chi connectivity index (χ1) is 7.85. The standard InChI is InChI=1S/C9H6O7S.Na/c10-6-4-7-5(1-2-9(11)15-7)3-8(6)16-17(12,13)14;/h1-4,10H,(H,12,13,14);/q;+1/p-1. The van der Waals surface area contributed by atoms with Gasteiger partial charge in [-0.3, -0.25) is 0 Å². The van der Waals surface area contributed by atoms with E-state index >= 15 is 0 Å². The molecular weight excluding hydrogens is 275 g/mol. The first kappa shape index (κ1) is 15.0. The van der Waals surface area contributed by atoms with E-state index in [0.717, 1.165) is 18.2 Å². The van der Waals surface area contributed by atoms with Crippen molar-refractivity contribution < 1.29 is 56.2 Å². The summed E-state index contributed by atoms with van der Waals surface area (Å²) in [5.41, 5.74) is -0.576. The molecule has 2 aromatic rings. The first-order valence-electron chi connectivity index (χ1n) is 4.27. The topological polar surface area (TPSA) is 117 Å². The van der Waals surface area contributed by atoms with Gasteiger partial charge in [-0.25, -0.2) is 13.2 Å². The molecule has 0 aliphatic heterocycles. The summed E-state index contributed by atoms with van der Waals surface area (Å²) in [7, 11) is -4.98. The van der Waals surface area contributed by atoms with Crippen LogP contribution in [0.4, 0.5) is 0 Å². The Morgan fingerprint density at radius 3 is 2.56 bits per heavy atom. The fraction of sp³-hybridized carbons (Fsp3) is 0. The molecule has 0 bridgehead atoms. The molecular formula is C9H5NaO7S. The van der Waals surface area contributed by atoms with Crippen molar-refractivity contribution in [2.75, 3.05) is 0 Å². The quantitative estimate of drug-likeness (QED) is 0.276. The molecule has 1 aromatic carbocycles. The predicted octanol–water partition coefficient (Wildman–Crippen LogP) is -2.66. The molecule has 0 amide bonds. The monoisotopic (exact) mass is 280 g/mol. The zero-order valence-corrected chi connectivity index (χ0v) is 11.9. The Hall–Kier alpha value is -1.06. The van der Waals surface area contributed by atoms with Gasteiger partial charge in [0, 0.05) is 17.5 Å². The van der Waals surface area contributed by atoms with E-state index in [1.165, 1.54) is 6.07 Å². The van der Waals surface area contributed by atoms with E-state index in [9.17, 15) is 22.9 Å². The third kappa shape index (κ3) is 3.47. The minimum Gasteiger partial charge on any atom is -0.716 e. The van der Waals surface area contributed by atoms with Crippen molar-refractivity contribution in [1.82, 2.24) is 0 Å². The summed E-state index contributed by atoms with van der Waals surface area (Å²) < 4.78 is 39.9. The number of phenols is 1. The van der Waals surface area contributed by atoms with Gasteiger partial charge in [0.05, 0.1) is 0 Å². The molecule has 0 radical (unpaired) electrons. The zero-order chi connectivity index (χ0) is 12.6. The van der Waals surface area contributed by atoms with Gasteiger partial charge in [-0.15, -0.1) is 0 Å². The van der Waals surface area contributed by atoms with Crippen LogP contribution in [-0.4, -0.2) is 18.1 Å². The Balaban J connectivity index is 0.00000162. The van der Waals surface area contributed by atoms with E-state index in [-0.39, 0.29) is 35.1 Å². The molecule has 7 nitrogen and oxygen atoms in total. The molecule has 9 heteroatoms. The minimum absolute atomic E-state index is 0. The van der Waals surface area contributed by atoms with Crippen LogP contribution in [0.2, 0.25) is 0 Å². The van der Waals surface area contributed by atoms with Gasteiger partial charge in [0.1, 0.15) is 5.58 Å². The number of hydrogen-bond acceptors (Lipinski definition) is 7. The summed E-state index contributed by atoms with van der Waals surface area (Å²) in [5, 5.41) is 9.68. The van der Waals surface area contributed by atoms with Crippen LogP contribution in [-0.2, 0) is 10.4 Å². The van der Waals surface area contributed by atoms with E-state index in [0.29, 0.717) is 5.39 Å². The second-order valence-corrected chi connectivity index (χ2v) is 4.09. The molecule has 0 saturated heterocycles. The van der Waals surface area contributed by atoms with Gasteiger partial charge in [-0.05, 0) is 12.1 Å². The number of aromatic hydroxyl groups is 1. The SMILES string of the molecule is O=c1ccc2cc(OS(=O)(=O)[O-])c(O)cc2o1.[Na+]. The maximum atomic E-state index is 10.9. The van der Waals surface area contributed by atoms with E-state index in [2.05, 4.69) is 4.18 Å². The van der Waals surface area contributed by atoms with Crippen LogP contribution >= 0.6 is 0 Å². The number of phenolic OH excluding ortho intramolecular Hbond substituents is 1. The Labute approximate surface area is 123 Å². The molecule has 0 saturated carbocycles. The van der Waals surface area contributed by atoms with Crippen LogP contribution in [0.25, 0.3) is 11.0 Å². The molecule has 18 heavy (non-hydrogen) atoms. The predicted molar refractivity (Wildman–Crippen MR) is 54.5 cm³/mol. The van der Waals surface area contributed by atoms with Gasteiger partial charge in [0.2, 0.25) is 0 Å². The van der Waals surface area contributed by atoms with Gasteiger partial charge in [-0.2, -0.15) is 0 Å². The summed E-state index contributed by atoms with van der Waals surface area (Å²) in [6.45, 7) is 0. The fourth-order valence-corrected chi connectivity index (χ4v) is 1.61. The molecule has 90 valence electrons. The number of benzene rings is 1.